The minimum Gasteiger partial charge on any atom is -0.376 e. The van der Waals surface area contributed by atoms with E-state index in [0.717, 1.165) is 21.9 Å². The summed E-state index contributed by atoms with van der Waals surface area (Å²) in [5.74, 6) is -2.10. The first-order valence-corrected chi connectivity index (χ1v) is 21.6. The van der Waals surface area contributed by atoms with Gasteiger partial charge in [-0.05, 0) is 71.8 Å². The minimum atomic E-state index is -4.62. The van der Waals surface area contributed by atoms with Crippen LogP contribution in [0.15, 0.2) is 142 Å². The van der Waals surface area contributed by atoms with Crippen LogP contribution in [0.5, 0.6) is 0 Å². The van der Waals surface area contributed by atoms with E-state index in [1.54, 1.807) is 24.3 Å². The maximum Gasteiger partial charge on any atom is 0.293 e. The second kappa shape index (κ2) is 19.8. The fourth-order valence-electron chi connectivity index (χ4n) is 6.05. The normalized spacial score (nSPS) is 15.1. The van der Waals surface area contributed by atoms with Gasteiger partial charge in [-0.25, -0.2) is 17.5 Å². The predicted molar refractivity (Wildman–Crippen MR) is 224 cm³/mol. The van der Waals surface area contributed by atoms with Crippen molar-refractivity contribution in [1.82, 2.24) is 14.9 Å². The molecule has 5 aromatic rings. The number of amides is 3. The first kappa shape index (κ1) is 42.8. The van der Waals surface area contributed by atoms with Crippen molar-refractivity contribution in [2.75, 3.05) is 36.6 Å². The molecule has 1 unspecified atom stereocenters. The van der Waals surface area contributed by atoms with Crippen molar-refractivity contribution in [2.45, 2.75) is 32.9 Å². The van der Waals surface area contributed by atoms with Gasteiger partial charge in [-0.3, -0.25) is 29.8 Å². The Morgan fingerprint density at radius 2 is 1.42 bits per heavy atom. The average molecular weight is 859 g/mol. The number of halogens is 1. The predicted octanol–water partition coefficient (Wildman–Crippen LogP) is 5.51. The Labute approximate surface area is 348 Å². The van der Waals surface area contributed by atoms with Crippen molar-refractivity contribution < 1.29 is 36.9 Å². The van der Waals surface area contributed by atoms with Crippen LogP contribution in [-0.2, 0) is 24.3 Å². The fourth-order valence-corrected chi connectivity index (χ4v) is 8.95. The van der Waals surface area contributed by atoms with Crippen molar-refractivity contribution in [3.05, 3.63) is 149 Å². The third-order valence-electron chi connectivity index (χ3n) is 9.12. The van der Waals surface area contributed by atoms with Gasteiger partial charge in [-0.1, -0.05) is 60.7 Å². The molecule has 0 aliphatic carbocycles. The molecule has 59 heavy (non-hydrogen) atoms. The number of ether oxygens (including phenoxy) is 1. The number of benzene rings is 5. The molecule has 6 rings (SSSR count). The summed E-state index contributed by atoms with van der Waals surface area (Å²) in [6, 6.07) is 31.4. The molecule has 3 atom stereocenters. The number of rotatable bonds is 17. The zero-order chi connectivity index (χ0) is 41.9. The van der Waals surface area contributed by atoms with Gasteiger partial charge in [0.2, 0.25) is 11.8 Å². The minimum absolute atomic E-state index is 0.00232. The number of nitrogens with zero attached hydrogens (tertiary/aromatic N) is 2. The summed E-state index contributed by atoms with van der Waals surface area (Å²) in [4.78, 5) is 54.4. The Hall–Kier alpha value is -5.79. The molecular formula is C41H39FN6O8S3. The van der Waals surface area contributed by atoms with Crippen LogP contribution in [0.25, 0.3) is 11.1 Å². The Kier molecular flexibility index (Phi) is 14.3. The van der Waals surface area contributed by atoms with Crippen molar-refractivity contribution in [2.24, 2.45) is 5.73 Å². The van der Waals surface area contributed by atoms with Gasteiger partial charge >= 0.3 is 0 Å². The zero-order valence-corrected chi connectivity index (χ0v) is 33.7. The van der Waals surface area contributed by atoms with E-state index < -0.39 is 67.3 Å². The topological polar surface area (TPSA) is 203 Å². The van der Waals surface area contributed by atoms with Gasteiger partial charge < -0.3 is 20.7 Å². The van der Waals surface area contributed by atoms with Crippen molar-refractivity contribution >= 4 is 62.6 Å². The molecule has 0 aromatic heterocycles. The number of thioether (sulfide) groups is 2. The van der Waals surface area contributed by atoms with Crippen LogP contribution >= 0.6 is 23.5 Å². The molecule has 1 fully saturated rings. The second-order valence-corrected chi connectivity index (χ2v) is 17.0. The maximum absolute atomic E-state index is 14.4. The van der Waals surface area contributed by atoms with Gasteiger partial charge in [0.05, 0.1) is 29.1 Å². The number of nitrogens with one attached hydrogen (secondary N) is 3. The van der Waals surface area contributed by atoms with E-state index in [0.29, 0.717) is 11.1 Å². The van der Waals surface area contributed by atoms with Crippen LogP contribution in [0, 0.1) is 15.9 Å². The van der Waals surface area contributed by atoms with E-state index in [9.17, 15) is 37.3 Å². The van der Waals surface area contributed by atoms with Crippen molar-refractivity contribution in [3.63, 3.8) is 0 Å². The lowest BCUT2D eigenvalue weighted by molar-refractivity contribution is -0.384. The highest BCUT2D eigenvalue weighted by atomic mass is 32.2. The zero-order valence-electron chi connectivity index (χ0n) is 31.2. The SMILES string of the molecule is NC(=O)[C@H](CSc1ccccc1)NC1COCCN1C(=O)[C@H](CSc1ccccc1)Nc1ccc(S(=O)(=O)NC(=O)c2ccc(-c3ccc(F)cc3)cc2)cc1[N+](=O)[O-]. The van der Waals surface area contributed by atoms with Crippen LogP contribution < -0.4 is 21.1 Å². The molecule has 0 spiro atoms. The maximum atomic E-state index is 14.4. The summed E-state index contributed by atoms with van der Waals surface area (Å²) in [6.07, 6.45) is -0.776. The second-order valence-electron chi connectivity index (χ2n) is 13.1. The fraction of sp³-hybridized carbons (Fsp3) is 0.195. The Balaban J connectivity index is 1.21. The number of sulfonamides is 1. The van der Waals surface area contributed by atoms with Gasteiger partial charge in [-0.15, -0.1) is 23.5 Å². The standard InChI is InChI=1S/C41H39FN6O8S3/c42-30-17-15-28(16-18-30)27-11-13-29(14-12-27)40(50)46-59(54,55)33-19-20-34(37(23-33)48(52)53)44-36(26-58-32-9-5-2-6-10-32)41(51)47-21-22-56-24-38(47)45-35(39(43)49)25-57-31-7-3-1-4-8-31/h1-20,23,35-36,38,44-45H,21-22,24-26H2,(H2,43,49)(H,46,50)/t35-,36-,38?/m0/s1. The quantitative estimate of drug-likeness (QED) is 0.0520. The number of anilines is 1. The van der Waals surface area contributed by atoms with Crippen LogP contribution in [-0.4, -0.2) is 85.5 Å². The largest absolute Gasteiger partial charge is 0.376 e. The molecule has 1 saturated heterocycles. The Bertz CT molecular complexity index is 2380. The summed E-state index contributed by atoms with van der Waals surface area (Å²) in [7, 11) is -4.62. The molecule has 0 bridgehead atoms. The Morgan fingerprint density at radius 1 is 0.847 bits per heavy atom. The van der Waals surface area contributed by atoms with E-state index >= 15 is 0 Å². The smallest absolute Gasteiger partial charge is 0.293 e. The van der Waals surface area contributed by atoms with E-state index in [-0.39, 0.29) is 42.5 Å². The first-order chi connectivity index (χ1) is 28.4. The highest BCUT2D eigenvalue weighted by Crippen LogP contribution is 2.31. The number of morpholine rings is 1. The molecule has 0 saturated carbocycles. The van der Waals surface area contributed by atoms with Crippen LogP contribution in [0.3, 0.4) is 0 Å². The van der Waals surface area contributed by atoms with Crippen molar-refractivity contribution in [1.29, 1.82) is 0 Å². The van der Waals surface area contributed by atoms with Gasteiger partial charge in [-0.2, -0.15) is 0 Å². The molecule has 306 valence electrons. The third kappa shape index (κ3) is 11.5. The lowest BCUT2D eigenvalue weighted by Gasteiger charge is -2.39. The number of nitro groups is 1. The highest BCUT2D eigenvalue weighted by molar-refractivity contribution is 7.99. The van der Waals surface area contributed by atoms with Gasteiger partial charge in [0.25, 0.3) is 21.6 Å². The van der Waals surface area contributed by atoms with E-state index in [4.69, 9.17) is 10.5 Å². The van der Waals surface area contributed by atoms with Gasteiger partial charge in [0, 0.05) is 39.5 Å². The van der Waals surface area contributed by atoms with Crippen LogP contribution in [0.2, 0.25) is 0 Å². The number of carbonyl (C=O) groups is 3. The molecule has 3 amide bonds. The molecule has 14 nitrogen and oxygen atoms in total. The van der Waals surface area contributed by atoms with E-state index in [2.05, 4.69) is 10.6 Å². The van der Waals surface area contributed by atoms with Crippen LogP contribution in [0.1, 0.15) is 10.4 Å². The Morgan fingerprint density at radius 3 is 2.00 bits per heavy atom. The summed E-state index contributed by atoms with van der Waals surface area (Å²) in [6.45, 7) is 0.371. The molecule has 1 heterocycles. The molecule has 0 radical (unpaired) electrons. The lowest BCUT2D eigenvalue weighted by atomic mass is 10.0. The number of nitro benzene ring substituents is 1. The number of nitrogens with two attached hydrogens (primary N) is 1. The van der Waals surface area contributed by atoms with Gasteiger partial charge in [0.1, 0.15) is 23.7 Å². The first-order valence-electron chi connectivity index (χ1n) is 18.2. The molecule has 18 heteroatoms. The summed E-state index contributed by atoms with van der Waals surface area (Å²) >= 11 is 2.74. The molecule has 1 aliphatic rings. The lowest BCUT2D eigenvalue weighted by Crippen LogP contribution is -2.63. The average Bonchev–Trinajstić information content (AvgIpc) is 3.24. The summed E-state index contributed by atoms with van der Waals surface area (Å²) in [5, 5.41) is 18.6. The number of hydrogen-bond donors (Lipinski definition) is 4. The van der Waals surface area contributed by atoms with E-state index in [1.165, 1.54) is 58.8 Å². The number of hydrogen-bond acceptors (Lipinski definition) is 12. The molecular weight excluding hydrogens is 820 g/mol. The molecule has 1 aliphatic heterocycles. The van der Waals surface area contributed by atoms with E-state index in [1.807, 2.05) is 65.4 Å². The highest BCUT2D eigenvalue weighted by Gasteiger charge is 2.35. The number of carbonyl (C=O) groups excluding carboxylic acids is 3. The summed E-state index contributed by atoms with van der Waals surface area (Å²) in [5.41, 5.74) is 6.31. The van der Waals surface area contributed by atoms with Crippen molar-refractivity contribution in [3.8, 4) is 11.1 Å². The molecule has 5 N–H and O–H groups in total. The molecule has 5 aromatic carbocycles. The third-order valence-corrected chi connectivity index (χ3v) is 12.7. The summed E-state index contributed by atoms with van der Waals surface area (Å²) < 4.78 is 47.8. The van der Waals surface area contributed by atoms with Crippen LogP contribution in [0.4, 0.5) is 15.8 Å². The monoisotopic (exact) mass is 858 g/mol. The van der Waals surface area contributed by atoms with Gasteiger partial charge in [0.15, 0.2) is 0 Å². The number of primary amides is 1.